The van der Waals surface area contributed by atoms with Gasteiger partial charge in [-0.15, -0.1) is 0 Å². The Morgan fingerprint density at radius 2 is 1.78 bits per heavy atom. The van der Waals surface area contributed by atoms with E-state index in [1.54, 1.807) is 52.1 Å². The second-order valence-electron chi connectivity index (χ2n) is 6.64. The first-order chi connectivity index (χ1) is 10.6. The standard InChI is InChI=1S/C16H23N3O4/c1-15(2,3)23-14(21)19-9-16(10-19,13(17)20)18-11-5-7-12(22-4)8-6-11/h5-8,18H,9-10H2,1-4H3,(H2,17,20). The fraction of sp³-hybridized carbons (Fsp3) is 0.500. The highest BCUT2D eigenvalue weighted by Gasteiger charge is 2.51. The molecule has 1 aromatic rings. The molecule has 0 aromatic heterocycles. The Kier molecular flexibility index (Phi) is 4.40. The molecule has 1 aromatic carbocycles. The predicted molar refractivity (Wildman–Crippen MR) is 86.3 cm³/mol. The van der Waals surface area contributed by atoms with Gasteiger partial charge in [0.1, 0.15) is 11.4 Å². The average molecular weight is 321 g/mol. The number of rotatable bonds is 4. The highest BCUT2D eigenvalue weighted by molar-refractivity contribution is 5.92. The number of hydrogen-bond donors (Lipinski definition) is 2. The van der Waals surface area contributed by atoms with Crippen LogP contribution in [0.3, 0.4) is 0 Å². The van der Waals surface area contributed by atoms with Crippen molar-refractivity contribution in [1.29, 1.82) is 0 Å². The molecule has 126 valence electrons. The first-order valence-electron chi connectivity index (χ1n) is 7.35. The predicted octanol–water partition coefficient (Wildman–Crippen LogP) is 1.58. The van der Waals surface area contributed by atoms with Crippen molar-refractivity contribution in [1.82, 2.24) is 4.90 Å². The van der Waals surface area contributed by atoms with Crippen molar-refractivity contribution in [2.24, 2.45) is 5.73 Å². The summed E-state index contributed by atoms with van der Waals surface area (Å²) in [4.78, 5) is 25.3. The van der Waals surface area contributed by atoms with Crippen LogP contribution in [0.25, 0.3) is 0 Å². The van der Waals surface area contributed by atoms with E-state index in [0.717, 1.165) is 5.69 Å². The van der Waals surface area contributed by atoms with E-state index in [-0.39, 0.29) is 13.1 Å². The molecule has 0 unspecified atom stereocenters. The third kappa shape index (κ3) is 3.85. The topological polar surface area (TPSA) is 93.9 Å². The molecule has 0 atom stereocenters. The monoisotopic (exact) mass is 321 g/mol. The number of benzene rings is 1. The molecule has 0 saturated carbocycles. The van der Waals surface area contributed by atoms with Crippen molar-refractivity contribution >= 4 is 17.7 Å². The molecule has 1 saturated heterocycles. The SMILES string of the molecule is COc1ccc(NC2(C(N)=O)CN(C(=O)OC(C)(C)C)C2)cc1. The van der Waals surface area contributed by atoms with Gasteiger partial charge in [-0.05, 0) is 45.0 Å². The molecule has 1 aliphatic rings. The number of amides is 2. The summed E-state index contributed by atoms with van der Waals surface area (Å²) in [7, 11) is 1.58. The lowest BCUT2D eigenvalue weighted by molar-refractivity contribution is -0.127. The van der Waals surface area contributed by atoms with Crippen molar-refractivity contribution in [3.05, 3.63) is 24.3 Å². The van der Waals surface area contributed by atoms with Gasteiger partial charge in [0.05, 0.1) is 20.2 Å². The number of hydrogen-bond acceptors (Lipinski definition) is 5. The zero-order valence-electron chi connectivity index (χ0n) is 13.9. The third-order valence-electron chi connectivity index (χ3n) is 3.52. The molecule has 1 aliphatic heterocycles. The molecule has 7 nitrogen and oxygen atoms in total. The van der Waals surface area contributed by atoms with E-state index in [1.165, 1.54) is 4.90 Å². The van der Waals surface area contributed by atoms with Gasteiger partial charge in [0, 0.05) is 5.69 Å². The Morgan fingerprint density at radius 1 is 1.22 bits per heavy atom. The molecule has 0 bridgehead atoms. The molecule has 2 amide bonds. The van der Waals surface area contributed by atoms with Gasteiger partial charge in [0.25, 0.3) is 0 Å². The summed E-state index contributed by atoms with van der Waals surface area (Å²) < 4.78 is 10.4. The van der Waals surface area contributed by atoms with E-state index in [9.17, 15) is 9.59 Å². The number of likely N-dealkylation sites (tertiary alicyclic amines) is 1. The van der Waals surface area contributed by atoms with Crippen molar-refractivity contribution in [3.63, 3.8) is 0 Å². The number of ether oxygens (including phenoxy) is 2. The van der Waals surface area contributed by atoms with Crippen molar-refractivity contribution in [3.8, 4) is 5.75 Å². The summed E-state index contributed by atoms with van der Waals surface area (Å²) >= 11 is 0. The first kappa shape index (κ1) is 16.9. The van der Waals surface area contributed by atoms with Crippen LogP contribution in [0.5, 0.6) is 5.75 Å². The smallest absolute Gasteiger partial charge is 0.410 e. The Bertz CT molecular complexity index is 586. The maximum absolute atomic E-state index is 12.0. The number of primary amides is 1. The van der Waals surface area contributed by atoms with Crippen LogP contribution >= 0.6 is 0 Å². The summed E-state index contributed by atoms with van der Waals surface area (Å²) in [6, 6.07) is 7.14. The molecule has 1 heterocycles. The molecular formula is C16H23N3O4. The second-order valence-corrected chi connectivity index (χ2v) is 6.64. The first-order valence-corrected chi connectivity index (χ1v) is 7.35. The lowest BCUT2D eigenvalue weighted by Gasteiger charge is -2.48. The minimum Gasteiger partial charge on any atom is -0.497 e. The maximum atomic E-state index is 12.0. The van der Waals surface area contributed by atoms with Crippen LogP contribution in [0.2, 0.25) is 0 Å². The summed E-state index contributed by atoms with van der Waals surface area (Å²) in [6.07, 6.45) is -0.453. The number of nitrogens with zero attached hydrogens (tertiary/aromatic N) is 1. The highest BCUT2D eigenvalue weighted by atomic mass is 16.6. The van der Waals surface area contributed by atoms with Crippen molar-refractivity contribution in [2.45, 2.75) is 31.9 Å². The van der Waals surface area contributed by atoms with Crippen LogP contribution < -0.4 is 15.8 Å². The van der Waals surface area contributed by atoms with Gasteiger partial charge < -0.3 is 25.4 Å². The third-order valence-corrected chi connectivity index (χ3v) is 3.52. The molecule has 2 rings (SSSR count). The minimum atomic E-state index is -0.981. The molecule has 3 N–H and O–H groups in total. The largest absolute Gasteiger partial charge is 0.497 e. The maximum Gasteiger partial charge on any atom is 0.410 e. The average Bonchev–Trinajstić information content (AvgIpc) is 2.40. The number of methoxy groups -OCH3 is 1. The number of nitrogens with one attached hydrogen (secondary N) is 1. The summed E-state index contributed by atoms with van der Waals surface area (Å²) in [6.45, 7) is 5.72. The fourth-order valence-electron chi connectivity index (χ4n) is 2.31. The zero-order valence-corrected chi connectivity index (χ0v) is 13.9. The Labute approximate surface area is 135 Å². The van der Waals surface area contributed by atoms with Crippen molar-refractivity contribution in [2.75, 3.05) is 25.5 Å². The number of anilines is 1. The van der Waals surface area contributed by atoms with Crippen LogP contribution in [0, 0.1) is 0 Å². The van der Waals surface area contributed by atoms with Gasteiger partial charge in [0.15, 0.2) is 5.54 Å². The Balaban J connectivity index is 2.03. The van der Waals surface area contributed by atoms with Crippen LogP contribution in [-0.4, -0.2) is 48.2 Å². The Hall–Kier alpha value is -2.44. The zero-order chi connectivity index (χ0) is 17.3. The molecule has 23 heavy (non-hydrogen) atoms. The quantitative estimate of drug-likeness (QED) is 0.878. The minimum absolute atomic E-state index is 0.170. The van der Waals surface area contributed by atoms with Gasteiger partial charge in [-0.1, -0.05) is 0 Å². The highest BCUT2D eigenvalue weighted by Crippen LogP contribution is 2.28. The van der Waals surface area contributed by atoms with Crippen LogP contribution in [0.4, 0.5) is 10.5 Å². The van der Waals surface area contributed by atoms with E-state index in [4.69, 9.17) is 15.2 Å². The number of nitrogens with two attached hydrogens (primary N) is 1. The molecule has 0 spiro atoms. The van der Waals surface area contributed by atoms with Gasteiger partial charge in [-0.25, -0.2) is 4.79 Å². The normalized spacial score (nSPS) is 16.3. The van der Waals surface area contributed by atoms with Gasteiger partial charge in [0.2, 0.25) is 5.91 Å². The van der Waals surface area contributed by atoms with Gasteiger partial charge >= 0.3 is 6.09 Å². The summed E-state index contributed by atoms with van der Waals surface area (Å²) in [5.74, 6) is 0.209. The lowest BCUT2D eigenvalue weighted by atomic mass is 9.89. The molecule has 7 heteroatoms. The molecular weight excluding hydrogens is 298 g/mol. The second kappa shape index (κ2) is 5.98. The van der Waals surface area contributed by atoms with E-state index in [0.29, 0.717) is 5.75 Å². The molecule has 1 fully saturated rings. The van der Waals surface area contributed by atoms with E-state index >= 15 is 0 Å². The number of carbonyl (C=O) groups excluding carboxylic acids is 2. The van der Waals surface area contributed by atoms with Crippen molar-refractivity contribution < 1.29 is 19.1 Å². The van der Waals surface area contributed by atoms with Gasteiger partial charge in [-0.2, -0.15) is 0 Å². The van der Waals surface area contributed by atoms with Crippen LogP contribution in [-0.2, 0) is 9.53 Å². The van der Waals surface area contributed by atoms with Crippen LogP contribution in [0.1, 0.15) is 20.8 Å². The summed E-state index contributed by atoms with van der Waals surface area (Å²) in [5, 5.41) is 3.11. The lowest BCUT2D eigenvalue weighted by Crippen LogP contribution is -2.73. The van der Waals surface area contributed by atoms with E-state index in [2.05, 4.69) is 5.32 Å². The van der Waals surface area contributed by atoms with Gasteiger partial charge in [-0.3, -0.25) is 4.79 Å². The fourth-order valence-corrected chi connectivity index (χ4v) is 2.31. The molecule has 0 aliphatic carbocycles. The Morgan fingerprint density at radius 3 is 2.22 bits per heavy atom. The van der Waals surface area contributed by atoms with Crippen LogP contribution in [0.15, 0.2) is 24.3 Å². The van der Waals surface area contributed by atoms with E-state index < -0.39 is 23.1 Å². The molecule has 0 radical (unpaired) electrons. The van der Waals surface area contributed by atoms with E-state index in [1.807, 2.05) is 0 Å². The number of carbonyl (C=O) groups is 2. The summed E-state index contributed by atoms with van der Waals surface area (Å²) in [5.41, 5.74) is 4.69.